The van der Waals surface area contributed by atoms with Gasteiger partial charge in [0.25, 0.3) is 5.78 Å². The van der Waals surface area contributed by atoms with E-state index in [-0.39, 0.29) is 5.95 Å². The van der Waals surface area contributed by atoms with Crippen molar-refractivity contribution in [3.05, 3.63) is 72.8 Å². The maximum Gasteiger partial charge on any atom is 0.259 e. The maximum atomic E-state index is 6.01. The van der Waals surface area contributed by atoms with Gasteiger partial charge in [0.15, 0.2) is 5.76 Å². The summed E-state index contributed by atoms with van der Waals surface area (Å²) in [5.74, 6) is 1.93. The van der Waals surface area contributed by atoms with Crippen LogP contribution in [0.25, 0.3) is 28.5 Å². The number of aromatic nitrogens is 6. The van der Waals surface area contributed by atoms with Crippen molar-refractivity contribution in [1.29, 1.82) is 0 Å². The van der Waals surface area contributed by atoms with Crippen LogP contribution in [0.4, 0.5) is 11.9 Å². The van der Waals surface area contributed by atoms with Gasteiger partial charge in [-0.2, -0.15) is 19.5 Å². The number of rotatable bonds is 6. The van der Waals surface area contributed by atoms with Gasteiger partial charge >= 0.3 is 0 Å². The normalized spacial score (nSPS) is 11.1. The van der Waals surface area contributed by atoms with Gasteiger partial charge in [0, 0.05) is 18.9 Å². The van der Waals surface area contributed by atoms with Crippen molar-refractivity contribution in [3.8, 4) is 22.7 Å². The van der Waals surface area contributed by atoms with Gasteiger partial charge in [0.1, 0.15) is 0 Å². The molecule has 148 valence electrons. The molecule has 0 atom stereocenters. The van der Waals surface area contributed by atoms with Crippen LogP contribution in [0.5, 0.6) is 0 Å². The standard InChI is InChI=1S/C21H18N8O/c22-19-26-20(27-21-25-18(28-29(19)21)17-2-1-13-30-17)24-12-7-14-3-5-15(6-4-14)16-8-10-23-11-9-16/h1-6,8-11,13H,7,12H2,(H3,22,24,25,26,27,28). The van der Waals surface area contributed by atoms with E-state index in [9.17, 15) is 0 Å². The highest BCUT2D eigenvalue weighted by Gasteiger charge is 2.13. The highest BCUT2D eigenvalue weighted by Crippen LogP contribution is 2.19. The minimum Gasteiger partial charge on any atom is -0.461 e. The zero-order chi connectivity index (χ0) is 20.3. The number of nitrogens with zero attached hydrogens (tertiary/aromatic N) is 6. The summed E-state index contributed by atoms with van der Waals surface area (Å²) in [6.07, 6.45) is 5.97. The summed E-state index contributed by atoms with van der Waals surface area (Å²) in [5, 5.41) is 7.49. The van der Waals surface area contributed by atoms with Crippen LogP contribution in [-0.4, -0.2) is 36.1 Å². The lowest BCUT2D eigenvalue weighted by Crippen LogP contribution is -2.12. The first kappa shape index (κ1) is 17.8. The van der Waals surface area contributed by atoms with Crippen molar-refractivity contribution in [2.45, 2.75) is 6.42 Å². The van der Waals surface area contributed by atoms with E-state index in [0.717, 1.165) is 17.5 Å². The summed E-state index contributed by atoms with van der Waals surface area (Å²) in [6, 6.07) is 16.0. The lowest BCUT2D eigenvalue weighted by Gasteiger charge is -2.07. The van der Waals surface area contributed by atoms with Gasteiger partial charge in [0.2, 0.25) is 17.7 Å². The third-order valence-electron chi connectivity index (χ3n) is 4.64. The monoisotopic (exact) mass is 398 g/mol. The van der Waals surface area contributed by atoms with Crippen molar-refractivity contribution in [1.82, 2.24) is 29.5 Å². The lowest BCUT2D eigenvalue weighted by molar-refractivity contribution is 0.577. The van der Waals surface area contributed by atoms with Gasteiger partial charge in [-0.25, -0.2) is 0 Å². The molecule has 0 saturated carbocycles. The topological polar surface area (TPSA) is 120 Å². The summed E-state index contributed by atoms with van der Waals surface area (Å²) in [4.78, 5) is 17.1. The van der Waals surface area contributed by atoms with Crippen molar-refractivity contribution < 1.29 is 4.42 Å². The number of hydrogen-bond acceptors (Lipinski definition) is 8. The average Bonchev–Trinajstić information content (AvgIpc) is 3.45. The summed E-state index contributed by atoms with van der Waals surface area (Å²) in [6.45, 7) is 0.656. The second kappa shape index (κ2) is 7.63. The van der Waals surface area contributed by atoms with Crippen LogP contribution in [0, 0.1) is 0 Å². The van der Waals surface area contributed by atoms with Crippen molar-refractivity contribution in [3.63, 3.8) is 0 Å². The number of pyridine rings is 1. The predicted octanol–water partition coefficient (Wildman–Crippen LogP) is 3.08. The third kappa shape index (κ3) is 3.55. The largest absolute Gasteiger partial charge is 0.461 e. The zero-order valence-electron chi connectivity index (χ0n) is 15.9. The fraction of sp³-hybridized carbons (Fsp3) is 0.0952. The van der Waals surface area contributed by atoms with Crippen molar-refractivity contribution in [2.24, 2.45) is 0 Å². The van der Waals surface area contributed by atoms with Crippen LogP contribution < -0.4 is 11.1 Å². The Balaban J connectivity index is 1.26. The fourth-order valence-corrected chi connectivity index (χ4v) is 3.12. The van der Waals surface area contributed by atoms with Crippen molar-refractivity contribution in [2.75, 3.05) is 17.6 Å². The summed E-state index contributed by atoms with van der Waals surface area (Å²) in [7, 11) is 0. The zero-order valence-corrected chi connectivity index (χ0v) is 15.9. The quantitative estimate of drug-likeness (QED) is 0.448. The molecule has 0 fully saturated rings. The summed E-state index contributed by atoms with van der Waals surface area (Å²) in [5.41, 5.74) is 9.53. The molecule has 0 aliphatic carbocycles. The van der Waals surface area contributed by atoms with E-state index in [1.807, 2.05) is 12.1 Å². The molecule has 4 heterocycles. The SMILES string of the molecule is Nc1nc(NCCc2ccc(-c3ccncc3)cc2)nc2nc(-c3ccco3)nn12. The van der Waals surface area contributed by atoms with E-state index >= 15 is 0 Å². The third-order valence-corrected chi connectivity index (χ3v) is 4.64. The molecule has 9 nitrogen and oxygen atoms in total. The smallest absolute Gasteiger partial charge is 0.259 e. The number of nitrogens with one attached hydrogen (secondary N) is 1. The van der Waals surface area contributed by atoms with E-state index in [0.29, 0.717) is 29.9 Å². The molecule has 0 aliphatic rings. The Morgan fingerprint density at radius 2 is 1.73 bits per heavy atom. The molecular formula is C21H18N8O. The van der Waals surface area contributed by atoms with E-state index in [4.69, 9.17) is 10.2 Å². The van der Waals surface area contributed by atoms with Crippen LogP contribution in [0.1, 0.15) is 5.56 Å². The molecule has 5 rings (SSSR count). The van der Waals surface area contributed by atoms with Crippen molar-refractivity contribution >= 4 is 17.7 Å². The van der Waals surface area contributed by atoms with Gasteiger partial charge in [-0.05, 0) is 47.4 Å². The first-order valence-electron chi connectivity index (χ1n) is 9.44. The molecule has 0 spiro atoms. The van der Waals surface area contributed by atoms with E-state index < -0.39 is 0 Å². The number of furan rings is 1. The Labute approximate surface area is 171 Å². The molecule has 0 radical (unpaired) electrons. The van der Waals surface area contributed by atoms with Crippen LogP contribution in [-0.2, 0) is 6.42 Å². The van der Waals surface area contributed by atoms with E-state index in [2.05, 4.69) is 54.6 Å². The molecule has 9 heteroatoms. The molecule has 30 heavy (non-hydrogen) atoms. The first-order chi connectivity index (χ1) is 14.8. The number of hydrogen-bond donors (Lipinski definition) is 2. The number of benzene rings is 1. The number of nitrogens with two attached hydrogens (primary N) is 1. The molecule has 4 aromatic heterocycles. The Morgan fingerprint density at radius 1 is 0.933 bits per heavy atom. The van der Waals surface area contributed by atoms with Crippen LogP contribution >= 0.6 is 0 Å². The molecule has 0 unspecified atom stereocenters. The molecule has 0 saturated heterocycles. The molecule has 3 N–H and O–H groups in total. The highest BCUT2D eigenvalue weighted by atomic mass is 16.3. The van der Waals surface area contributed by atoms with Gasteiger partial charge in [-0.15, -0.1) is 5.10 Å². The number of nitrogen functional groups attached to an aromatic ring is 1. The van der Waals surface area contributed by atoms with Crippen LogP contribution in [0.2, 0.25) is 0 Å². The van der Waals surface area contributed by atoms with Gasteiger partial charge in [0.05, 0.1) is 6.26 Å². The average molecular weight is 398 g/mol. The Bertz CT molecular complexity index is 1260. The Kier molecular flexibility index (Phi) is 4.53. The molecule has 1 aromatic carbocycles. The van der Waals surface area contributed by atoms with Gasteiger partial charge < -0.3 is 15.5 Å². The number of fused-ring (bicyclic) bond motifs is 1. The second-order valence-electron chi connectivity index (χ2n) is 6.64. The molecular weight excluding hydrogens is 380 g/mol. The van der Waals surface area contributed by atoms with Crippen LogP contribution in [0.3, 0.4) is 0 Å². The van der Waals surface area contributed by atoms with E-state index in [1.54, 1.807) is 30.8 Å². The predicted molar refractivity (Wildman–Crippen MR) is 113 cm³/mol. The Hall–Kier alpha value is -4.27. The highest BCUT2D eigenvalue weighted by molar-refractivity contribution is 5.62. The second-order valence-corrected chi connectivity index (χ2v) is 6.64. The maximum absolute atomic E-state index is 6.01. The summed E-state index contributed by atoms with van der Waals surface area (Å²) >= 11 is 0. The molecule has 0 bridgehead atoms. The molecule has 0 amide bonds. The van der Waals surface area contributed by atoms with Gasteiger partial charge in [-0.1, -0.05) is 24.3 Å². The van der Waals surface area contributed by atoms with Gasteiger partial charge in [-0.3, -0.25) is 4.98 Å². The molecule has 5 aromatic rings. The van der Waals surface area contributed by atoms with E-state index in [1.165, 1.54) is 10.1 Å². The Morgan fingerprint density at radius 3 is 2.50 bits per heavy atom. The van der Waals surface area contributed by atoms with Crippen LogP contribution in [0.15, 0.2) is 71.6 Å². The first-order valence-corrected chi connectivity index (χ1v) is 9.44. The fourth-order valence-electron chi connectivity index (χ4n) is 3.12. The lowest BCUT2D eigenvalue weighted by atomic mass is 10.0. The minimum absolute atomic E-state index is 0.203. The number of anilines is 2. The minimum atomic E-state index is 0.203. The summed E-state index contributed by atoms with van der Waals surface area (Å²) < 4.78 is 6.71. The molecule has 0 aliphatic heterocycles.